The van der Waals surface area contributed by atoms with Gasteiger partial charge in [-0.05, 0) is 68.8 Å². The zero-order chi connectivity index (χ0) is 35.1. The first-order valence-electron chi connectivity index (χ1n) is 15.2. The molecule has 13 heteroatoms. The Kier molecular flexibility index (Phi) is 11.3. The van der Waals surface area contributed by atoms with E-state index in [9.17, 15) is 19.6 Å². The molecule has 252 valence electrons. The number of ether oxygens (including phenoxy) is 5. The summed E-state index contributed by atoms with van der Waals surface area (Å²) >= 11 is 4.69. The number of allylic oxidation sites excluding steroid dienone is 1. The molecule has 0 radical (unpaired) electrons. The van der Waals surface area contributed by atoms with E-state index in [4.69, 9.17) is 18.9 Å². The first kappa shape index (κ1) is 35.1. The van der Waals surface area contributed by atoms with Gasteiger partial charge in [0.05, 0.1) is 53.8 Å². The van der Waals surface area contributed by atoms with Crippen molar-refractivity contribution >= 4 is 45.3 Å². The maximum Gasteiger partial charge on any atom is 0.343 e. The molecule has 49 heavy (non-hydrogen) atoms. The molecule has 0 saturated heterocycles. The predicted molar refractivity (Wildman–Crippen MR) is 185 cm³/mol. The quantitative estimate of drug-likeness (QED) is 0.184. The molecular formula is C36H32BrN3O8S. The van der Waals surface area contributed by atoms with Gasteiger partial charge in [-0.15, -0.1) is 0 Å². The lowest BCUT2D eigenvalue weighted by Gasteiger charge is -2.25. The molecule has 1 aliphatic rings. The number of aromatic nitrogens is 1. The van der Waals surface area contributed by atoms with E-state index in [2.05, 4.69) is 31.7 Å². The fourth-order valence-corrected chi connectivity index (χ4v) is 6.62. The Morgan fingerprint density at radius 3 is 2.53 bits per heavy atom. The van der Waals surface area contributed by atoms with Crippen LogP contribution in [0.4, 0.5) is 0 Å². The van der Waals surface area contributed by atoms with Crippen molar-refractivity contribution in [2.45, 2.75) is 33.4 Å². The summed E-state index contributed by atoms with van der Waals surface area (Å²) in [6.07, 6.45) is 1.72. The Morgan fingerprint density at radius 2 is 1.80 bits per heavy atom. The van der Waals surface area contributed by atoms with Crippen LogP contribution in [-0.4, -0.2) is 43.4 Å². The van der Waals surface area contributed by atoms with Gasteiger partial charge in [-0.2, -0.15) is 5.26 Å². The lowest BCUT2D eigenvalue weighted by molar-refractivity contribution is -0.143. The van der Waals surface area contributed by atoms with E-state index < -0.39 is 18.0 Å². The largest absolute Gasteiger partial charge is 0.490 e. The minimum Gasteiger partial charge on any atom is -0.490 e. The summed E-state index contributed by atoms with van der Waals surface area (Å²) in [6, 6.07) is 18.9. The molecule has 0 N–H and O–H groups in total. The number of benzene rings is 3. The summed E-state index contributed by atoms with van der Waals surface area (Å²) in [5.74, 6) is -0.0510. The van der Waals surface area contributed by atoms with Crippen molar-refractivity contribution in [3.63, 3.8) is 0 Å². The van der Waals surface area contributed by atoms with E-state index in [1.165, 1.54) is 23.0 Å². The number of hydrogen-bond acceptors (Lipinski definition) is 11. The third-order valence-electron chi connectivity index (χ3n) is 7.45. The van der Waals surface area contributed by atoms with E-state index >= 15 is 0 Å². The number of rotatable bonds is 12. The van der Waals surface area contributed by atoms with Gasteiger partial charge in [0.1, 0.15) is 12.4 Å². The highest BCUT2D eigenvalue weighted by Gasteiger charge is 2.34. The van der Waals surface area contributed by atoms with E-state index in [1.54, 1.807) is 63.2 Å². The van der Waals surface area contributed by atoms with Gasteiger partial charge in [0.25, 0.3) is 5.56 Å². The monoisotopic (exact) mass is 745 g/mol. The molecule has 11 nitrogen and oxygen atoms in total. The lowest BCUT2D eigenvalue weighted by atomic mass is 9.95. The van der Waals surface area contributed by atoms with Crippen LogP contribution in [0.15, 0.2) is 86.2 Å². The molecule has 0 unspecified atom stereocenters. The lowest BCUT2D eigenvalue weighted by Crippen LogP contribution is -2.40. The first-order valence-corrected chi connectivity index (χ1v) is 16.9. The summed E-state index contributed by atoms with van der Waals surface area (Å²) in [5.41, 5.74) is 2.63. The smallest absolute Gasteiger partial charge is 0.343 e. The van der Waals surface area contributed by atoms with Crippen LogP contribution < -0.4 is 29.1 Å². The fourth-order valence-electron chi connectivity index (χ4n) is 5.20. The predicted octanol–water partition coefficient (Wildman–Crippen LogP) is 4.96. The van der Waals surface area contributed by atoms with Crippen molar-refractivity contribution in [2.75, 3.05) is 26.9 Å². The van der Waals surface area contributed by atoms with Crippen LogP contribution in [0.25, 0.3) is 6.08 Å². The zero-order valence-corrected chi connectivity index (χ0v) is 29.6. The summed E-state index contributed by atoms with van der Waals surface area (Å²) in [4.78, 5) is 44.5. The van der Waals surface area contributed by atoms with Crippen LogP contribution in [0.2, 0.25) is 0 Å². The topological polar surface area (TPSA) is 138 Å². The van der Waals surface area contributed by atoms with E-state index in [-0.39, 0.29) is 31.0 Å². The van der Waals surface area contributed by atoms with Gasteiger partial charge in [0.15, 0.2) is 22.9 Å². The van der Waals surface area contributed by atoms with Crippen LogP contribution in [0, 0.1) is 11.3 Å². The zero-order valence-electron chi connectivity index (χ0n) is 27.2. The van der Waals surface area contributed by atoms with Crippen LogP contribution in [-0.2, 0) is 25.7 Å². The van der Waals surface area contributed by atoms with Crippen LogP contribution in [0.3, 0.4) is 0 Å². The molecule has 1 aromatic heterocycles. The summed E-state index contributed by atoms with van der Waals surface area (Å²) < 4.78 is 30.3. The van der Waals surface area contributed by atoms with E-state index in [0.717, 1.165) is 10.0 Å². The first-order chi connectivity index (χ1) is 23.7. The third kappa shape index (κ3) is 7.77. The Balaban J connectivity index is 1.62. The molecule has 0 bridgehead atoms. The second-order valence-corrected chi connectivity index (χ2v) is 12.5. The molecule has 0 fully saturated rings. The summed E-state index contributed by atoms with van der Waals surface area (Å²) in [5, 5.41) is 9.50. The van der Waals surface area contributed by atoms with Gasteiger partial charge in [0, 0.05) is 15.6 Å². The number of halogens is 1. The average Bonchev–Trinajstić information content (AvgIpc) is 3.40. The molecule has 1 aliphatic heterocycles. The molecule has 0 amide bonds. The number of methoxy groups -OCH3 is 1. The maximum absolute atomic E-state index is 14.3. The minimum atomic E-state index is -0.910. The van der Waals surface area contributed by atoms with Gasteiger partial charge in [-0.3, -0.25) is 9.36 Å². The summed E-state index contributed by atoms with van der Waals surface area (Å²) in [6.45, 7) is 5.45. The van der Waals surface area contributed by atoms with E-state index in [0.29, 0.717) is 55.6 Å². The molecule has 2 heterocycles. The van der Waals surface area contributed by atoms with Crippen molar-refractivity contribution in [3.05, 3.63) is 118 Å². The fraction of sp³-hybridized carbons (Fsp3) is 0.250. The Morgan fingerprint density at radius 1 is 1.02 bits per heavy atom. The Labute approximate surface area is 294 Å². The van der Waals surface area contributed by atoms with Crippen LogP contribution in [0.1, 0.15) is 49.1 Å². The van der Waals surface area contributed by atoms with Gasteiger partial charge < -0.3 is 23.7 Å². The second kappa shape index (κ2) is 15.8. The number of esters is 2. The van der Waals surface area contributed by atoms with Crippen molar-refractivity contribution in [1.82, 2.24) is 4.57 Å². The van der Waals surface area contributed by atoms with Crippen molar-refractivity contribution in [3.8, 4) is 23.3 Å². The molecule has 0 spiro atoms. The molecule has 0 aliphatic carbocycles. The van der Waals surface area contributed by atoms with E-state index in [1.807, 2.05) is 24.3 Å². The van der Waals surface area contributed by atoms with Gasteiger partial charge in [-0.1, -0.05) is 51.5 Å². The molecule has 4 aromatic rings. The standard InChI is InChI=1S/C36H32BrN3O8S/c1-5-45-29-16-22(11-13-28(29)48-20-31(41)44-4)33-32(35(43)46-6-2)21(3)39-36-40(33)34(42)30(49-36)17-25-15-26(37)12-14-27(25)47-19-24-10-8-7-9-23(24)18-38/h7-17,33H,5-6,19-20H2,1-4H3/b30-17+/t33-/m1/s1. The number of hydrogen-bond donors (Lipinski definition) is 0. The van der Waals surface area contributed by atoms with Gasteiger partial charge in [0.2, 0.25) is 0 Å². The minimum absolute atomic E-state index is 0.127. The number of carbonyl (C=O) groups excluding carboxylic acids is 2. The molecule has 5 rings (SSSR count). The highest BCUT2D eigenvalue weighted by Crippen LogP contribution is 2.36. The highest BCUT2D eigenvalue weighted by atomic mass is 79.9. The van der Waals surface area contributed by atoms with Crippen LogP contribution >= 0.6 is 27.3 Å². The number of nitriles is 1. The van der Waals surface area contributed by atoms with Crippen molar-refractivity contribution < 1.29 is 33.3 Å². The average molecular weight is 747 g/mol. The maximum atomic E-state index is 14.3. The number of carbonyl (C=O) groups is 2. The van der Waals surface area contributed by atoms with Gasteiger partial charge >= 0.3 is 11.9 Å². The Bertz CT molecular complexity index is 2170. The SMILES string of the molecule is CCOC(=O)C1=C(C)N=c2s/c(=C/c3cc(Br)ccc3OCc3ccccc3C#N)c(=O)n2[C@@H]1c1ccc(OCC(=O)OC)c(OCC)c1. The number of nitrogens with zero attached hydrogens (tertiary/aromatic N) is 3. The molecule has 1 atom stereocenters. The molecule has 0 saturated carbocycles. The third-order valence-corrected chi connectivity index (χ3v) is 8.93. The second-order valence-electron chi connectivity index (χ2n) is 10.5. The summed E-state index contributed by atoms with van der Waals surface area (Å²) in [7, 11) is 1.26. The Hall–Kier alpha value is -5.19. The normalized spacial score (nSPS) is 14.0. The van der Waals surface area contributed by atoms with Gasteiger partial charge in [-0.25, -0.2) is 14.6 Å². The van der Waals surface area contributed by atoms with Crippen LogP contribution in [0.5, 0.6) is 17.2 Å². The molecular weight excluding hydrogens is 714 g/mol. The number of fused-ring (bicyclic) bond motifs is 1. The van der Waals surface area contributed by atoms with Crippen molar-refractivity contribution in [1.29, 1.82) is 5.26 Å². The van der Waals surface area contributed by atoms with Crippen molar-refractivity contribution in [2.24, 2.45) is 4.99 Å². The highest BCUT2D eigenvalue weighted by molar-refractivity contribution is 9.10. The molecule has 3 aromatic carbocycles. The number of thiazole rings is 1.